The van der Waals surface area contributed by atoms with E-state index in [0.717, 1.165) is 4.31 Å². The third-order valence-corrected chi connectivity index (χ3v) is 9.64. The maximum atomic E-state index is 15.2. The maximum absolute atomic E-state index is 15.2. The van der Waals surface area contributed by atoms with Crippen LogP contribution in [0.4, 0.5) is 5.69 Å². The van der Waals surface area contributed by atoms with Gasteiger partial charge in [-0.3, -0.25) is 14.5 Å². The quantitative estimate of drug-likeness (QED) is 0.323. The van der Waals surface area contributed by atoms with Crippen molar-refractivity contribution in [2.45, 2.75) is 55.7 Å². The average molecular weight is 644 g/mol. The fourth-order valence-electron chi connectivity index (χ4n) is 5.98. The highest BCUT2D eigenvalue weighted by molar-refractivity contribution is 7.93. The molecule has 2 aliphatic rings. The number of ether oxygens (including phenoxy) is 4. The fourth-order valence-corrected chi connectivity index (χ4v) is 7.75. The summed E-state index contributed by atoms with van der Waals surface area (Å²) in [5, 5.41) is 0.262. The Balaban J connectivity index is 1.82. The van der Waals surface area contributed by atoms with Gasteiger partial charge in [-0.05, 0) is 76.1 Å². The predicted octanol–water partition coefficient (Wildman–Crippen LogP) is 4.55. The molecule has 0 spiro atoms. The van der Waals surface area contributed by atoms with Crippen LogP contribution in [0.25, 0.3) is 0 Å². The highest BCUT2D eigenvalue weighted by Gasteiger charge is 2.63. The molecule has 13 heteroatoms. The van der Waals surface area contributed by atoms with Crippen molar-refractivity contribution in [3.8, 4) is 17.4 Å². The minimum Gasteiger partial charge on any atom is -0.497 e. The van der Waals surface area contributed by atoms with Gasteiger partial charge in [-0.25, -0.2) is 17.7 Å². The first-order valence-electron chi connectivity index (χ1n) is 13.9. The molecule has 3 heterocycles. The van der Waals surface area contributed by atoms with Gasteiger partial charge in [-0.1, -0.05) is 11.6 Å². The molecule has 2 unspecified atom stereocenters. The lowest BCUT2D eigenvalue weighted by atomic mass is 9.81. The number of halogens is 1. The van der Waals surface area contributed by atoms with E-state index in [0.29, 0.717) is 18.6 Å². The Hall–Kier alpha value is -3.87. The van der Waals surface area contributed by atoms with E-state index < -0.39 is 39.1 Å². The summed E-state index contributed by atoms with van der Waals surface area (Å²) in [4.78, 5) is 34.7. The van der Waals surface area contributed by atoms with Crippen LogP contribution in [-0.2, 0) is 29.9 Å². The van der Waals surface area contributed by atoms with Crippen LogP contribution < -0.4 is 18.5 Å². The fraction of sp³-hybridized carbons (Fsp3) is 0.387. The number of aromatic nitrogens is 1. The Labute approximate surface area is 261 Å². The molecule has 0 N–H and O–H groups in total. The lowest BCUT2D eigenvalue weighted by molar-refractivity contribution is -0.162. The van der Waals surface area contributed by atoms with Gasteiger partial charge in [-0.2, -0.15) is 0 Å². The van der Waals surface area contributed by atoms with Crippen LogP contribution >= 0.6 is 11.6 Å². The van der Waals surface area contributed by atoms with Crippen molar-refractivity contribution in [3.05, 3.63) is 70.9 Å². The smallest absolute Gasteiger partial charge is 0.323 e. The Morgan fingerprint density at radius 2 is 1.77 bits per heavy atom. The third kappa shape index (κ3) is 5.04. The lowest BCUT2D eigenvalue weighted by Gasteiger charge is -2.41. The summed E-state index contributed by atoms with van der Waals surface area (Å²) in [5.41, 5.74) is -2.10. The van der Waals surface area contributed by atoms with Crippen LogP contribution in [-0.4, -0.2) is 69.7 Å². The zero-order valence-electron chi connectivity index (χ0n) is 25.3. The molecule has 1 fully saturated rings. The number of amides is 1. The number of hydrogen-bond donors (Lipinski definition) is 0. The Bertz CT molecular complexity index is 1720. The zero-order chi connectivity index (χ0) is 32.0. The van der Waals surface area contributed by atoms with E-state index in [1.165, 1.54) is 57.9 Å². The molecule has 3 aromatic rings. The van der Waals surface area contributed by atoms with Crippen molar-refractivity contribution >= 4 is 39.2 Å². The first-order valence-corrected chi connectivity index (χ1v) is 15.7. The minimum atomic E-state index is -4.62. The SMILES string of the molecule is COc1ccc(S(=O)(=O)N2C(=O)C(c3cccnc3OC)(N3CCCC3C(=O)OC(C)(C)C)c3cc(Cl)ccc32)c(OC)c1. The van der Waals surface area contributed by atoms with E-state index in [9.17, 15) is 13.2 Å². The van der Waals surface area contributed by atoms with Gasteiger partial charge in [0.25, 0.3) is 15.9 Å². The highest BCUT2D eigenvalue weighted by atomic mass is 35.5. The number of carbonyl (C=O) groups excluding carboxylic acids is 2. The number of sulfonamides is 1. The van der Waals surface area contributed by atoms with E-state index in [1.54, 1.807) is 43.9 Å². The number of benzene rings is 2. The highest BCUT2D eigenvalue weighted by Crippen LogP contribution is 2.55. The predicted molar refractivity (Wildman–Crippen MR) is 163 cm³/mol. The van der Waals surface area contributed by atoms with E-state index in [1.807, 2.05) is 0 Å². The molecule has 1 amide bonds. The first kappa shape index (κ1) is 31.6. The van der Waals surface area contributed by atoms with Crippen LogP contribution in [0.2, 0.25) is 5.02 Å². The summed E-state index contributed by atoms with van der Waals surface area (Å²) < 4.78 is 52.0. The summed E-state index contributed by atoms with van der Waals surface area (Å²) in [6, 6.07) is 11.1. The molecule has 0 aliphatic carbocycles. The number of likely N-dealkylation sites (tertiary alicyclic amines) is 1. The van der Waals surface area contributed by atoms with Gasteiger partial charge in [0.2, 0.25) is 5.88 Å². The van der Waals surface area contributed by atoms with Crippen molar-refractivity contribution in [1.82, 2.24) is 9.88 Å². The Kier molecular flexibility index (Phi) is 8.29. The number of rotatable bonds is 8. The van der Waals surface area contributed by atoms with E-state index >= 15 is 4.79 Å². The maximum Gasteiger partial charge on any atom is 0.323 e. The van der Waals surface area contributed by atoms with Crippen molar-refractivity contribution in [1.29, 1.82) is 0 Å². The van der Waals surface area contributed by atoms with Crippen LogP contribution in [0.5, 0.6) is 17.4 Å². The topological polar surface area (TPSA) is 125 Å². The molecule has 44 heavy (non-hydrogen) atoms. The second kappa shape index (κ2) is 11.6. The van der Waals surface area contributed by atoms with Gasteiger partial charge in [0.1, 0.15) is 28.0 Å². The number of carbonyl (C=O) groups is 2. The number of esters is 1. The second-order valence-corrected chi connectivity index (χ2v) is 13.6. The normalized spacial score (nSPS) is 20.4. The summed E-state index contributed by atoms with van der Waals surface area (Å²) in [5.74, 6) is -0.951. The van der Waals surface area contributed by atoms with E-state index in [2.05, 4.69) is 4.98 Å². The molecule has 2 aliphatic heterocycles. The van der Waals surface area contributed by atoms with Gasteiger partial charge in [0, 0.05) is 35.0 Å². The molecule has 234 valence electrons. The molecule has 5 rings (SSSR count). The number of anilines is 1. The van der Waals surface area contributed by atoms with Gasteiger partial charge in [0.15, 0.2) is 5.54 Å². The van der Waals surface area contributed by atoms with Gasteiger partial charge >= 0.3 is 5.97 Å². The second-order valence-electron chi connectivity index (χ2n) is 11.4. The molecular weight excluding hydrogens is 610 g/mol. The Morgan fingerprint density at radius 3 is 2.43 bits per heavy atom. The van der Waals surface area contributed by atoms with E-state index in [-0.39, 0.29) is 44.9 Å². The van der Waals surface area contributed by atoms with Crippen molar-refractivity contribution < 1.29 is 37.0 Å². The van der Waals surface area contributed by atoms with E-state index in [4.69, 9.17) is 30.5 Å². The molecule has 2 aromatic carbocycles. The minimum absolute atomic E-state index is 0.0167. The lowest BCUT2D eigenvalue weighted by Crippen LogP contribution is -2.58. The van der Waals surface area contributed by atoms with Gasteiger partial charge in [-0.15, -0.1) is 0 Å². The van der Waals surface area contributed by atoms with Gasteiger partial charge in [0.05, 0.1) is 27.0 Å². The summed E-state index contributed by atoms with van der Waals surface area (Å²) in [7, 11) is -0.443. The molecule has 11 nitrogen and oxygen atoms in total. The first-order chi connectivity index (χ1) is 20.8. The molecule has 1 saturated heterocycles. The number of fused-ring (bicyclic) bond motifs is 1. The standard InChI is InChI=1S/C31H34ClN3O8S/c1-30(2,3)43-28(36)24-10-8-16-34(24)31(21-9-7-15-33-27(21)42-6)22-17-19(32)11-13-23(22)35(29(31)37)44(38,39)26-14-12-20(40-4)18-25(26)41-5/h7,9,11-15,17-18,24H,8,10,16H2,1-6H3. The third-order valence-electron chi connectivity index (χ3n) is 7.67. The van der Waals surface area contributed by atoms with Crippen molar-refractivity contribution in [2.75, 3.05) is 32.2 Å². The van der Waals surface area contributed by atoms with Crippen molar-refractivity contribution in [3.63, 3.8) is 0 Å². The summed E-state index contributed by atoms with van der Waals surface area (Å²) >= 11 is 6.54. The molecular formula is C31H34ClN3O8S. The number of pyridine rings is 1. The summed E-state index contributed by atoms with van der Waals surface area (Å²) in [6.45, 7) is 5.54. The zero-order valence-corrected chi connectivity index (χ0v) is 26.9. The van der Waals surface area contributed by atoms with Crippen LogP contribution in [0.3, 0.4) is 0 Å². The largest absolute Gasteiger partial charge is 0.497 e. The van der Waals surface area contributed by atoms with Crippen LogP contribution in [0.15, 0.2) is 59.6 Å². The average Bonchev–Trinajstić information content (AvgIpc) is 3.57. The van der Waals surface area contributed by atoms with Crippen molar-refractivity contribution in [2.24, 2.45) is 0 Å². The van der Waals surface area contributed by atoms with Crippen LogP contribution in [0.1, 0.15) is 44.7 Å². The summed E-state index contributed by atoms with van der Waals surface area (Å²) in [6.07, 6.45) is 2.42. The number of nitrogens with zero attached hydrogens (tertiary/aromatic N) is 3. The molecule has 0 radical (unpaired) electrons. The monoisotopic (exact) mass is 643 g/mol. The molecule has 1 aromatic heterocycles. The van der Waals surface area contributed by atoms with Crippen LogP contribution in [0, 0.1) is 0 Å². The molecule has 0 bridgehead atoms. The number of methoxy groups -OCH3 is 3. The molecule has 0 saturated carbocycles. The van der Waals surface area contributed by atoms with Gasteiger partial charge < -0.3 is 18.9 Å². The Morgan fingerprint density at radius 1 is 1.02 bits per heavy atom. The number of hydrogen-bond acceptors (Lipinski definition) is 10. The molecule has 2 atom stereocenters.